The minimum Gasteiger partial charge on any atom is -0.339 e. The van der Waals surface area contributed by atoms with Crippen molar-refractivity contribution in [1.82, 2.24) is 39.5 Å². The van der Waals surface area contributed by atoms with Gasteiger partial charge in [0.25, 0.3) is 12.6 Å². The predicted octanol–water partition coefficient (Wildman–Crippen LogP) is 1.16. The van der Waals surface area contributed by atoms with Crippen molar-refractivity contribution in [2.45, 2.75) is 25.5 Å². The second-order valence-electron chi connectivity index (χ2n) is 12.5. The van der Waals surface area contributed by atoms with Gasteiger partial charge in [0.05, 0.1) is 12.2 Å². The maximum Gasteiger partial charge on any atom is 0.283 e. The van der Waals surface area contributed by atoms with Crippen molar-refractivity contribution in [2.75, 3.05) is 90.9 Å². The molecule has 0 saturated carbocycles. The Labute approximate surface area is 279 Å². The number of hydrogen-bond donors (Lipinski definition) is 1. The highest BCUT2D eigenvalue weighted by molar-refractivity contribution is 9.10. The van der Waals surface area contributed by atoms with Crippen molar-refractivity contribution in [1.29, 1.82) is 5.26 Å². The average Bonchev–Trinajstić information content (AvgIpc) is 3.06. The Kier molecular flexibility index (Phi) is 12.1. The van der Waals surface area contributed by atoms with Gasteiger partial charge in [0.1, 0.15) is 6.33 Å². The van der Waals surface area contributed by atoms with E-state index < -0.39 is 6.71 Å². The van der Waals surface area contributed by atoms with Gasteiger partial charge < -0.3 is 24.9 Å². The van der Waals surface area contributed by atoms with Gasteiger partial charge in [-0.1, -0.05) is 0 Å². The molecule has 3 aliphatic rings. The molecule has 3 fully saturated rings. The van der Waals surface area contributed by atoms with Crippen LogP contribution in [0.1, 0.15) is 29.0 Å². The van der Waals surface area contributed by atoms with Crippen molar-refractivity contribution < 1.29 is 14.4 Å². The standard InChI is InChI=1S/C31H42BBrN10O3/c1-39-8-14-42(15-9-39)29(45)21-41-12-10-40(11-13-41)20-24-3-6-43(7-4-24)31(46)30-27(16-25(33)19-36-30)38-28(44)18-32(22-34)17-26-2-5-35-23-37-26/h2,5,16,19,23-24H,3-4,6-15,17-18,20-21H2,1H3,(H,38,44). The van der Waals surface area contributed by atoms with Gasteiger partial charge in [-0.3, -0.25) is 19.3 Å². The number of nitrogens with one attached hydrogen (secondary N) is 1. The maximum absolute atomic E-state index is 13.6. The number of nitrogens with zero attached hydrogens (tertiary/aromatic N) is 9. The lowest BCUT2D eigenvalue weighted by atomic mass is 9.46. The Morgan fingerprint density at radius 3 is 2.39 bits per heavy atom. The molecule has 5 heterocycles. The van der Waals surface area contributed by atoms with Crippen molar-refractivity contribution in [3.05, 3.63) is 46.7 Å². The lowest BCUT2D eigenvalue weighted by Gasteiger charge is -2.39. The molecule has 3 aliphatic heterocycles. The molecule has 3 amide bonds. The van der Waals surface area contributed by atoms with E-state index in [1.54, 1.807) is 24.5 Å². The molecule has 15 heteroatoms. The number of rotatable bonds is 10. The number of nitriles is 1. The van der Waals surface area contributed by atoms with Crippen LogP contribution in [0.5, 0.6) is 0 Å². The van der Waals surface area contributed by atoms with E-state index in [0.717, 1.165) is 71.7 Å². The second kappa shape index (κ2) is 16.4. The van der Waals surface area contributed by atoms with Gasteiger partial charge in [0.2, 0.25) is 11.8 Å². The molecule has 46 heavy (non-hydrogen) atoms. The van der Waals surface area contributed by atoms with Gasteiger partial charge in [0, 0.05) is 107 Å². The number of hydrogen-bond acceptors (Lipinski definition) is 10. The second-order valence-corrected chi connectivity index (χ2v) is 13.4. The fourth-order valence-corrected chi connectivity index (χ4v) is 6.63. The van der Waals surface area contributed by atoms with Gasteiger partial charge in [-0.15, -0.1) is 0 Å². The van der Waals surface area contributed by atoms with Crippen LogP contribution >= 0.6 is 15.9 Å². The molecular formula is C31H42BBrN10O3. The molecular weight excluding hydrogens is 651 g/mol. The largest absolute Gasteiger partial charge is 0.339 e. The fraction of sp³-hybridized carbons (Fsp3) is 0.581. The number of halogens is 1. The predicted molar refractivity (Wildman–Crippen MR) is 178 cm³/mol. The van der Waals surface area contributed by atoms with E-state index in [4.69, 9.17) is 0 Å². The molecule has 13 nitrogen and oxygen atoms in total. The molecule has 1 N–H and O–H groups in total. The Hall–Kier alpha value is -3.45. The number of anilines is 1. The smallest absolute Gasteiger partial charge is 0.283 e. The van der Waals surface area contributed by atoms with Crippen LogP contribution in [-0.4, -0.2) is 149 Å². The van der Waals surface area contributed by atoms with Crippen LogP contribution in [-0.2, 0) is 15.9 Å². The molecule has 5 rings (SSSR count). The van der Waals surface area contributed by atoms with E-state index >= 15 is 0 Å². The minimum absolute atomic E-state index is 0.0349. The number of likely N-dealkylation sites (tertiary alicyclic amines) is 1. The third kappa shape index (κ3) is 9.54. The van der Waals surface area contributed by atoms with Crippen LogP contribution in [0.25, 0.3) is 0 Å². The molecule has 0 aliphatic carbocycles. The lowest BCUT2D eigenvalue weighted by molar-refractivity contribution is -0.134. The van der Waals surface area contributed by atoms with Crippen molar-refractivity contribution in [3.8, 4) is 5.97 Å². The van der Waals surface area contributed by atoms with E-state index in [1.165, 1.54) is 6.33 Å². The summed E-state index contributed by atoms with van der Waals surface area (Å²) in [6.45, 7) is 9.41. The normalized spacial score (nSPS) is 18.6. The average molecular weight is 693 g/mol. The molecule has 0 spiro atoms. The molecule has 0 aromatic carbocycles. The zero-order valence-electron chi connectivity index (χ0n) is 26.5. The summed E-state index contributed by atoms with van der Waals surface area (Å²) in [5, 5.41) is 12.4. The summed E-state index contributed by atoms with van der Waals surface area (Å²) >= 11 is 3.40. The van der Waals surface area contributed by atoms with Gasteiger partial charge in [-0.2, -0.15) is 0 Å². The van der Waals surface area contributed by atoms with Crippen molar-refractivity contribution in [3.63, 3.8) is 0 Å². The summed E-state index contributed by atoms with van der Waals surface area (Å²) in [4.78, 5) is 62.5. The van der Waals surface area contributed by atoms with Gasteiger partial charge in [-0.25, -0.2) is 20.2 Å². The van der Waals surface area contributed by atoms with E-state index in [1.807, 2.05) is 9.80 Å². The number of piperazine rings is 2. The Morgan fingerprint density at radius 1 is 1.00 bits per heavy atom. The number of carbonyl (C=O) groups is 3. The van der Waals surface area contributed by atoms with Gasteiger partial charge in [-0.05, 0) is 60.2 Å². The summed E-state index contributed by atoms with van der Waals surface area (Å²) in [6, 6.07) is 3.40. The zero-order valence-corrected chi connectivity index (χ0v) is 28.1. The third-order valence-corrected chi connectivity index (χ3v) is 9.58. The number of carbonyl (C=O) groups excluding carboxylic acids is 3. The number of aromatic nitrogens is 3. The minimum atomic E-state index is -0.569. The monoisotopic (exact) mass is 692 g/mol. The summed E-state index contributed by atoms with van der Waals surface area (Å²) < 4.78 is 0.639. The van der Waals surface area contributed by atoms with Crippen LogP contribution < -0.4 is 5.32 Å². The van der Waals surface area contributed by atoms with E-state index in [2.05, 4.69) is 63.9 Å². The quantitative estimate of drug-likeness (QED) is 0.361. The highest BCUT2D eigenvalue weighted by Crippen LogP contribution is 2.25. The van der Waals surface area contributed by atoms with Gasteiger partial charge >= 0.3 is 0 Å². The number of pyridine rings is 1. The van der Waals surface area contributed by atoms with Crippen LogP contribution in [0.4, 0.5) is 5.69 Å². The fourth-order valence-electron chi connectivity index (χ4n) is 6.30. The van der Waals surface area contributed by atoms with Crippen LogP contribution in [0.2, 0.25) is 6.32 Å². The SMILES string of the molecule is CN1CCN(C(=O)CN2CCN(CC3CCN(C(=O)c4ncc(Br)cc4NC(=O)CB(C#N)Cc4ccncn4)CC3)CC2)CC1. The molecule has 244 valence electrons. The van der Waals surface area contributed by atoms with Crippen molar-refractivity contribution in [2.24, 2.45) is 5.92 Å². The molecule has 2 aromatic heterocycles. The first kappa shape index (κ1) is 33.9. The van der Waals surface area contributed by atoms with Crippen LogP contribution in [0, 0.1) is 17.1 Å². The first-order valence-electron chi connectivity index (χ1n) is 16.1. The van der Waals surface area contributed by atoms with Gasteiger partial charge in [0.15, 0.2) is 5.69 Å². The van der Waals surface area contributed by atoms with E-state index in [9.17, 15) is 19.6 Å². The number of piperidine rings is 1. The topological polar surface area (TPSA) is 142 Å². The Bertz CT molecular complexity index is 1390. The van der Waals surface area contributed by atoms with Crippen LogP contribution in [0.15, 0.2) is 35.3 Å². The first-order chi connectivity index (χ1) is 22.3. The lowest BCUT2D eigenvalue weighted by Crippen LogP contribution is -2.53. The summed E-state index contributed by atoms with van der Waals surface area (Å²) in [7, 11) is 2.10. The van der Waals surface area contributed by atoms with Crippen molar-refractivity contribution >= 4 is 46.1 Å². The van der Waals surface area contributed by atoms with E-state index in [-0.39, 0.29) is 29.7 Å². The third-order valence-electron chi connectivity index (χ3n) is 9.14. The molecule has 3 saturated heterocycles. The number of likely N-dealkylation sites (N-methyl/N-ethyl adjacent to an activating group) is 1. The zero-order chi connectivity index (χ0) is 32.5. The summed E-state index contributed by atoms with van der Waals surface area (Å²) in [5.74, 6) is 2.35. The highest BCUT2D eigenvalue weighted by Gasteiger charge is 2.30. The molecule has 2 aromatic rings. The first-order valence-corrected chi connectivity index (χ1v) is 16.9. The van der Waals surface area contributed by atoms with E-state index in [0.29, 0.717) is 47.7 Å². The van der Waals surface area contributed by atoms with Crippen LogP contribution in [0.3, 0.4) is 0 Å². The Morgan fingerprint density at radius 2 is 1.72 bits per heavy atom. The molecule has 0 atom stereocenters. The molecule has 0 bridgehead atoms. The Balaban J connectivity index is 1.06. The summed E-state index contributed by atoms with van der Waals surface area (Å²) in [6.07, 6.45) is 6.68. The summed E-state index contributed by atoms with van der Waals surface area (Å²) in [5.41, 5.74) is 1.21. The maximum atomic E-state index is 13.6. The molecule has 0 radical (unpaired) electrons. The highest BCUT2D eigenvalue weighted by atomic mass is 79.9. The number of amides is 3. The molecule has 0 unspecified atom stereocenters.